The summed E-state index contributed by atoms with van der Waals surface area (Å²) in [6.45, 7) is 7.53. The summed E-state index contributed by atoms with van der Waals surface area (Å²) < 4.78 is 12.2. The molecule has 1 aromatic carbocycles. The Hall–Kier alpha value is -3.35. The van der Waals surface area contributed by atoms with E-state index in [2.05, 4.69) is 17.1 Å². The molecule has 2 aromatic heterocycles. The number of para-hydroxylation sites is 1. The van der Waals surface area contributed by atoms with Gasteiger partial charge in [-0.3, -0.25) is 10.1 Å². The summed E-state index contributed by atoms with van der Waals surface area (Å²) in [6.07, 6.45) is 2.46. The van der Waals surface area contributed by atoms with Crippen LogP contribution in [0, 0.1) is 6.92 Å². The molecule has 1 amide bonds. The number of hydrogen-bond donors (Lipinski definition) is 1. The Bertz CT molecular complexity index is 970. The second-order valence-corrected chi connectivity index (χ2v) is 5.87. The lowest BCUT2D eigenvalue weighted by molar-refractivity contribution is -0.123. The lowest BCUT2D eigenvalue weighted by atomic mass is 10.2. The topological polar surface area (TPSA) is 86.4 Å². The molecule has 0 aliphatic rings. The summed E-state index contributed by atoms with van der Waals surface area (Å²) in [6, 6.07) is 9.08. The first-order valence-electron chi connectivity index (χ1n) is 8.13. The second kappa shape index (κ2) is 7.26. The highest BCUT2D eigenvalue weighted by Crippen LogP contribution is 2.22. The number of carbonyl (C=O) groups is 2. The molecule has 0 saturated carbocycles. The van der Waals surface area contributed by atoms with E-state index in [0.29, 0.717) is 17.8 Å². The summed E-state index contributed by atoms with van der Waals surface area (Å²) >= 11 is 0. The predicted octanol–water partition coefficient (Wildman–Crippen LogP) is 3.31. The van der Waals surface area contributed by atoms with Gasteiger partial charge in [0.2, 0.25) is 5.88 Å². The average molecular weight is 353 g/mol. The Kier molecular flexibility index (Phi) is 4.88. The number of aryl methyl sites for hydroxylation is 1. The maximum absolute atomic E-state index is 12.6. The van der Waals surface area contributed by atoms with Gasteiger partial charge in [-0.2, -0.15) is 0 Å². The molecule has 7 nitrogen and oxygen atoms in total. The Morgan fingerprint density at radius 1 is 1.42 bits per heavy atom. The summed E-state index contributed by atoms with van der Waals surface area (Å²) in [4.78, 5) is 24.7. The molecular weight excluding hydrogens is 334 g/mol. The first-order valence-corrected chi connectivity index (χ1v) is 8.13. The number of hydrogen-bond acceptors (Lipinski definition) is 5. The third kappa shape index (κ3) is 3.51. The number of aromatic nitrogens is 2. The minimum absolute atomic E-state index is 0.206. The van der Waals surface area contributed by atoms with Gasteiger partial charge >= 0.3 is 5.97 Å². The molecule has 0 aliphatic heterocycles. The molecule has 0 radical (unpaired) electrons. The number of esters is 1. The van der Waals surface area contributed by atoms with Gasteiger partial charge < -0.3 is 13.8 Å². The standard InChI is InChI=1S/C19H19N3O4/c1-4-9-22-11-15(14-7-5-6-8-16(14)22)19(24)25-13(3)18(23)20-17-10-12(2)21-26-17/h4-8,10-11,13H,1,9H2,2-3H3,(H,20,23). The molecule has 1 unspecified atom stereocenters. The number of fused-ring (bicyclic) bond motifs is 1. The molecule has 3 rings (SSSR count). The Balaban J connectivity index is 1.76. The fourth-order valence-corrected chi connectivity index (χ4v) is 2.62. The van der Waals surface area contributed by atoms with Crippen molar-refractivity contribution in [2.75, 3.05) is 5.32 Å². The van der Waals surface area contributed by atoms with Gasteiger partial charge in [0.25, 0.3) is 5.91 Å². The van der Waals surface area contributed by atoms with Crippen molar-refractivity contribution in [3.63, 3.8) is 0 Å². The summed E-state index contributed by atoms with van der Waals surface area (Å²) in [5.74, 6) is -0.859. The van der Waals surface area contributed by atoms with Gasteiger partial charge in [0, 0.05) is 29.7 Å². The van der Waals surface area contributed by atoms with E-state index in [-0.39, 0.29) is 5.88 Å². The van der Waals surface area contributed by atoms with Crippen molar-refractivity contribution < 1.29 is 18.8 Å². The van der Waals surface area contributed by atoms with E-state index in [0.717, 1.165) is 10.9 Å². The maximum atomic E-state index is 12.6. The van der Waals surface area contributed by atoms with Crippen LogP contribution >= 0.6 is 0 Å². The third-order valence-corrected chi connectivity index (χ3v) is 3.86. The number of amides is 1. The monoisotopic (exact) mass is 353 g/mol. The van der Waals surface area contributed by atoms with Crippen molar-refractivity contribution in [2.24, 2.45) is 0 Å². The van der Waals surface area contributed by atoms with Gasteiger partial charge in [-0.05, 0) is 19.9 Å². The quantitative estimate of drug-likeness (QED) is 0.543. The molecule has 0 saturated heterocycles. The largest absolute Gasteiger partial charge is 0.449 e. The number of allylic oxidation sites excluding steroid dienone is 1. The Labute approximate surface area is 150 Å². The van der Waals surface area contributed by atoms with Crippen molar-refractivity contribution in [1.82, 2.24) is 9.72 Å². The molecule has 1 N–H and O–H groups in total. The SMILES string of the molecule is C=CCn1cc(C(=O)OC(C)C(=O)Nc2cc(C)no2)c2ccccc21. The van der Waals surface area contributed by atoms with Crippen molar-refractivity contribution in [2.45, 2.75) is 26.5 Å². The van der Waals surface area contributed by atoms with Crippen molar-refractivity contribution in [3.05, 3.63) is 60.4 Å². The lowest BCUT2D eigenvalue weighted by Gasteiger charge is -2.11. The van der Waals surface area contributed by atoms with Crippen LogP contribution in [0.15, 0.2) is 53.7 Å². The highest BCUT2D eigenvalue weighted by Gasteiger charge is 2.23. The fourth-order valence-electron chi connectivity index (χ4n) is 2.62. The first-order chi connectivity index (χ1) is 12.5. The van der Waals surface area contributed by atoms with Gasteiger partial charge in [0.1, 0.15) is 0 Å². The average Bonchev–Trinajstić information content (AvgIpc) is 3.19. The zero-order chi connectivity index (χ0) is 18.7. The normalized spacial score (nSPS) is 11.9. The number of rotatable bonds is 6. The number of nitrogens with one attached hydrogen (secondary N) is 1. The second-order valence-electron chi connectivity index (χ2n) is 5.87. The number of ether oxygens (including phenoxy) is 1. The van der Waals surface area contributed by atoms with Crippen molar-refractivity contribution in [3.8, 4) is 0 Å². The van der Waals surface area contributed by atoms with E-state index < -0.39 is 18.0 Å². The van der Waals surface area contributed by atoms with E-state index in [4.69, 9.17) is 9.26 Å². The molecule has 134 valence electrons. The van der Waals surface area contributed by atoms with E-state index in [1.165, 1.54) is 6.92 Å². The molecule has 0 bridgehead atoms. The molecular formula is C19H19N3O4. The van der Waals surface area contributed by atoms with Crippen LogP contribution in [-0.4, -0.2) is 27.7 Å². The summed E-state index contributed by atoms with van der Waals surface area (Å²) in [5.41, 5.74) is 1.94. The maximum Gasteiger partial charge on any atom is 0.341 e. The zero-order valence-corrected chi connectivity index (χ0v) is 14.6. The smallest absolute Gasteiger partial charge is 0.341 e. The van der Waals surface area contributed by atoms with Gasteiger partial charge in [0.15, 0.2) is 6.10 Å². The number of anilines is 1. The highest BCUT2D eigenvalue weighted by molar-refractivity contribution is 6.05. The van der Waals surface area contributed by atoms with Gasteiger partial charge in [-0.15, -0.1) is 6.58 Å². The molecule has 0 spiro atoms. The molecule has 7 heteroatoms. The molecule has 3 aromatic rings. The summed E-state index contributed by atoms with van der Waals surface area (Å²) in [7, 11) is 0. The van der Waals surface area contributed by atoms with E-state index in [1.807, 2.05) is 28.8 Å². The first kappa shape index (κ1) is 17.5. The summed E-state index contributed by atoms with van der Waals surface area (Å²) in [5, 5.41) is 6.96. The fraction of sp³-hybridized carbons (Fsp3) is 0.211. The number of benzene rings is 1. The van der Waals surface area contributed by atoms with Gasteiger partial charge in [0.05, 0.1) is 11.3 Å². The van der Waals surface area contributed by atoms with Crippen LogP contribution in [-0.2, 0) is 16.1 Å². The minimum Gasteiger partial charge on any atom is -0.449 e. The van der Waals surface area contributed by atoms with E-state index >= 15 is 0 Å². The van der Waals surface area contributed by atoms with Crippen molar-refractivity contribution in [1.29, 1.82) is 0 Å². The Morgan fingerprint density at radius 3 is 2.88 bits per heavy atom. The van der Waals surface area contributed by atoms with Crippen LogP contribution in [0.3, 0.4) is 0 Å². The number of nitrogens with zero attached hydrogens (tertiary/aromatic N) is 2. The van der Waals surface area contributed by atoms with Crippen LogP contribution in [0.2, 0.25) is 0 Å². The molecule has 1 atom stereocenters. The van der Waals surface area contributed by atoms with Crippen LogP contribution in [0.4, 0.5) is 5.88 Å². The van der Waals surface area contributed by atoms with Crippen LogP contribution in [0.5, 0.6) is 0 Å². The van der Waals surface area contributed by atoms with Gasteiger partial charge in [-0.1, -0.05) is 29.4 Å². The van der Waals surface area contributed by atoms with Crippen LogP contribution < -0.4 is 5.32 Å². The number of carbonyl (C=O) groups excluding carboxylic acids is 2. The lowest BCUT2D eigenvalue weighted by Crippen LogP contribution is -2.29. The molecule has 0 aliphatic carbocycles. The molecule has 0 fully saturated rings. The van der Waals surface area contributed by atoms with Crippen LogP contribution in [0.1, 0.15) is 23.0 Å². The molecule has 26 heavy (non-hydrogen) atoms. The van der Waals surface area contributed by atoms with E-state index in [1.54, 1.807) is 25.3 Å². The third-order valence-electron chi connectivity index (χ3n) is 3.86. The van der Waals surface area contributed by atoms with Crippen LogP contribution in [0.25, 0.3) is 10.9 Å². The predicted molar refractivity (Wildman–Crippen MR) is 96.9 cm³/mol. The van der Waals surface area contributed by atoms with Crippen molar-refractivity contribution >= 4 is 28.7 Å². The Morgan fingerprint density at radius 2 is 2.19 bits per heavy atom. The minimum atomic E-state index is -0.991. The zero-order valence-electron chi connectivity index (χ0n) is 14.6. The molecule has 2 heterocycles. The van der Waals surface area contributed by atoms with E-state index in [9.17, 15) is 9.59 Å². The van der Waals surface area contributed by atoms with Gasteiger partial charge in [-0.25, -0.2) is 4.79 Å². The highest BCUT2D eigenvalue weighted by atomic mass is 16.5.